The minimum absolute atomic E-state index is 0.0511. The summed E-state index contributed by atoms with van der Waals surface area (Å²) in [7, 11) is 1.64. The molecule has 1 aromatic carbocycles. The van der Waals surface area contributed by atoms with Crippen molar-refractivity contribution < 1.29 is 14.9 Å². The largest absolute Gasteiger partial charge is 0.497 e. The fourth-order valence-corrected chi connectivity index (χ4v) is 1.90. The molecule has 0 aliphatic heterocycles. The molecule has 1 rings (SSSR count). The van der Waals surface area contributed by atoms with Crippen molar-refractivity contribution in [1.82, 2.24) is 5.32 Å². The molecule has 0 heterocycles. The summed E-state index contributed by atoms with van der Waals surface area (Å²) in [6, 6.07) is 7.81. The lowest BCUT2D eigenvalue weighted by molar-refractivity contribution is 0.0793. The van der Waals surface area contributed by atoms with Gasteiger partial charge in [0.2, 0.25) is 0 Å². The number of aliphatic hydroxyl groups excluding tert-OH is 2. The molecule has 0 aromatic heterocycles. The second kappa shape index (κ2) is 6.73. The number of aliphatic hydroxyl groups is 2. The second-order valence-electron chi connectivity index (χ2n) is 4.59. The first-order valence-electron chi connectivity index (χ1n) is 6.24. The van der Waals surface area contributed by atoms with Crippen molar-refractivity contribution >= 4 is 0 Å². The number of rotatable bonds is 7. The van der Waals surface area contributed by atoms with Gasteiger partial charge in [0.25, 0.3) is 0 Å². The van der Waals surface area contributed by atoms with Crippen LogP contribution >= 0.6 is 0 Å². The average Bonchev–Trinajstić information content (AvgIpc) is 2.45. The van der Waals surface area contributed by atoms with Crippen molar-refractivity contribution in [3.8, 4) is 5.75 Å². The second-order valence-corrected chi connectivity index (χ2v) is 4.59. The molecular weight excluding hydrogens is 230 g/mol. The molecule has 0 saturated heterocycles. The normalized spacial score (nSPS) is 13.4. The van der Waals surface area contributed by atoms with Crippen LogP contribution in [0.1, 0.15) is 31.9 Å². The fourth-order valence-electron chi connectivity index (χ4n) is 1.90. The lowest BCUT2D eigenvalue weighted by Crippen LogP contribution is -2.52. The van der Waals surface area contributed by atoms with Gasteiger partial charge in [0, 0.05) is 6.04 Å². The summed E-state index contributed by atoms with van der Waals surface area (Å²) in [4.78, 5) is 0. The predicted octanol–water partition coefficient (Wildman–Crippen LogP) is 1.48. The monoisotopic (exact) mass is 253 g/mol. The molecule has 1 aromatic rings. The molecule has 4 nitrogen and oxygen atoms in total. The summed E-state index contributed by atoms with van der Waals surface area (Å²) in [6.45, 7) is 3.79. The smallest absolute Gasteiger partial charge is 0.118 e. The Bertz CT molecular complexity index is 338. The summed E-state index contributed by atoms with van der Waals surface area (Å²) in [5.74, 6) is 0.817. The van der Waals surface area contributed by atoms with E-state index in [2.05, 4.69) is 5.32 Å². The first-order valence-corrected chi connectivity index (χ1v) is 6.24. The third-order valence-corrected chi connectivity index (χ3v) is 3.42. The van der Waals surface area contributed by atoms with Crippen LogP contribution < -0.4 is 10.1 Å². The molecule has 102 valence electrons. The Balaban J connectivity index is 2.76. The minimum atomic E-state index is -0.626. The van der Waals surface area contributed by atoms with E-state index in [0.717, 1.165) is 11.3 Å². The Labute approximate surface area is 109 Å². The number of hydrogen-bond donors (Lipinski definition) is 3. The van der Waals surface area contributed by atoms with Gasteiger partial charge in [-0.1, -0.05) is 19.1 Å². The molecular formula is C14H23NO3. The van der Waals surface area contributed by atoms with Gasteiger partial charge in [0.1, 0.15) is 5.75 Å². The fraction of sp³-hybridized carbons (Fsp3) is 0.571. The topological polar surface area (TPSA) is 61.7 Å². The van der Waals surface area contributed by atoms with Gasteiger partial charge in [-0.2, -0.15) is 0 Å². The van der Waals surface area contributed by atoms with Crippen LogP contribution in [0.5, 0.6) is 5.75 Å². The molecule has 0 fully saturated rings. The lowest BCUT2D eigenvalue weighted by Gasteiger charge is -2.33. The van der Waals surface area contributed by atoms with E-state index in [1.54, 1.807) is 7.11 Å². The van der Waals surface area contributed by atoms with Gasteiger partial charge in [-0.3, -0.25) is 0 Å². The highest BCUT2D eigenvalue weighted by atomic mass is 16.5. The molecule has 18 heavy (non-hydrogen) atoms. The molecule has 0 aliphatic rings. The number of nitrogens with one attached hydrogen (secondary N) is 1. The molecule has 0 amide bonds. The zero-order valence-corrected chi connectivity index (χ0v) is 11.3. The Kier molecular flexibility index (Phi) is 5.59. The Morgan fingerprint density at radius 2 is 1.78 bits per heavy atom. The number of methoxy groups -OCH3 is 1. The van der Waals surface area contributed by atoms with E-state index in [1.807, 2.05) is 38.1 Å². The Hall–Kier alpha value is -1.10. The molecule has 0 saturated carbocycles. The minimum Gasteiger partial charge on any atom is -0.497 e. The van der Waals surface area contributed by atoms with E-state index in [1.165, 1.54) is 0 Å². The highest BCUT2D eigenvalue weighted by molar-refractivity contribution is 5.29. The van der Waals surface area contributed by atoms with Gasteiger partial charge in [0.05, 0.1) is 25.9 Å². The van der Waals surface area contributed by atoms with Crippen molar-refractivity contribution in [3.63, 3.8) is 0 Å². The van der Waals surface area contributed by atoms with E-state index >= 15 is 0 Å². The van der Waals surface area contributed by atoms with Gasteiger partial charge >= 0.3 is 0 Å². The number of ether oxygens (including phenoxy) is 1. The van der Waals surface area contributed by atoms with E-state index in [4.69, 9.17) is 4.74 Å². The Morgan fingerprint density at radius 1 is 1.22 bits per heavy atom. The van der Waals surface area contributed by atoms with E-state index in [-0.39, 0.29) is 19.3 Å². The number of benzene rings is 1. The maximum atomic E-state index is 9.41. The van der Waals surface area contributed by atoms with Crippen molar-refractivity contribution in [2.75, 3.05) is 20.3 Å². The van der Waals surface area contributed by atoms with Gasteiger partial charge in [-0.05, 0) is 31.0 Å². The third-order valence-electron chi connectivity index (χ3n) is 3.42. The summed E-state index contributed by atoms with van der Waals surface area (Å²) >= 11 is 0. The van der Waals surface area contributed by atoms with Crippen LogP contribution in [0.25, 0.3) is 0 Å². The van der Waals surface area contributed by atoms with Crippen LogP contribution in [0.15, 0.2) is 24.3 Å². The molecule has 0 radical (unpaired) electrons. The van der Waals surface area contributed by atoms with E-state index in [0.29, 0.717) is 6.42 Å². The lowest BCUT2D eigenvalue weighted by atomic mass is 9.95. The van der Waals surface area contributed by atoms with Gasteiger partial charge < -0.3 is 20.3 Å². The summed E-state index contributed by atoms with van der Waals surface area (Å²) in [6.07, 6.45) is 0.667. The molecule has 1 atom stereocenters. The summed E-state index contributed by atoms with van der Waals surface area (Å²) < 4.78 is 5.11. The molecule has 1 unspecified atom stereocenters. The van der Waals surface area contributed by atoms with Crippen LogP contribution in [0, 0.1) is 0 Å². The standard InChI is InChI=1S/C14H23NO3/c1-4-14(9-16,10-17)15-11(2)12-5-7-13(18-3)8-6-12/h5-8,11,15-17H,4,9-10H2,1-3H3. The van der Waals surface area contributed by atoms with E-state index in [9.17, 15) is 10.2 Å². The molecule has 3 N–H and O–H groups in total. The Morgan fingerprint density at radius 3 is 2.17 bits per heavy atom. The highest BCUT2D eigenvalue weighted by Crippen LogP contribution is 2.21. The quantitative estimate of drug-likeness (QED) is 0.689. The van der Waals surface area contributed by atoms with Crippen LogP contribution in [-0.4, -0.2) is 36.1 Å². The molecule has 0 aliphatic carbocycles. The van der Waals surface area contributed by atoms with E-state index < -0.39 is 5.54 Å². The average molecular weight is 253 g/mol. The van der Waals surface area contributed by atoms with Crippen molar-refractivity contribution in [2.45, 2.75) is 31.8 Å². The van der Waals surface area contributed by atoms with Gasteiger partial charge in [-0.15, -0.1) is 0 Å². The SMILES string of the molecule is CCC(CO)(CO)NC(C)c1ccc(OC)cc1. The summed E-state index contributed by atoms with van der Waals surface area (Å²) in [5.41, 5.74) is 0.467. The maximum Gasteiger partial charge on any atom is 0.118 e. The van der Waals surface area contributed by atoms with Gasteiger partial charge in [0.15, 0.2) is 0 Å². The van der Waals surface area contributed by atoms with Gasteiger partial charge in [-0.25, -0.2) is 0 Å². The van der Waals surface area contributed by atoms with Crippen LogP contribution in [-0.2, 0) is 0 Å². The van der Waals surface area contributed by atoms with Crippen molar-refractivity contribution in [1.29, 1.82) is 0 Å². The first-order chi connectivity index (χ1) is 8.60. The summed E-state index contributed by atoms with van der Waals surface area (Å²) in [5, 5.41) is 22.1. The van der Waals surface area contributed by atoms with Crippen LogP contribution in [0.2, 0.25) is 0 Å². The highest BCUT2D eigenvalue weighted by Gasteiger charge is 2.28. The zero-order valence-electron chi connectivity index (χ0n) is 11.3. The third kappa shape index (κ3) is 3.45. The molecule has 0 bridgehead atoms. The predicted molar refractivity (Wildman–Crippen MR) is 71.7 cm³/mol. The zero-order chi connectivity index (χ0) is 13.6. The van der Waals surface area contributed by atoms with Crippen molar-refractivity contribution in [3.05, 3.63) is 29.8 Å². The molecule has 4 heteroatoms. The first kappa shape index (κ1) is 15.0. The van der Waals surface area contributed by atoms with Crippen LogP contribution in [0.3, 0.4) is 0 Å². The number of hydrogen-bond acceptors (Lipinski definition) is 4. The van der Waals surface area contributed by atoms with Crippen LogP contribution in [0.4, 0.5) is 0 Å². The maximum absolute atomic E-state index is 9.41. The van der Waals surface area contributed by atoms with Crippen molar-refractivity contribution in [2.24, 2.45) is 0 Å². The molecule has 0 spiro atoms.